The Morgan fingerprint density at radius 3 is 2.94 bits per heavy atom. The van der Waals surface area contributed by atoms with Crippen molar-refractivity contribution in [3.8, 4) is 0 Å². The highest BCUT2D eigenvalue weighted by molar-refractivity contribution is 9.10. The molecule has 98 valence electrons. The van der Waals surface area contributed by atoms with Crippen molar-refractivity contribution in [1.29, 1.82) is 0 Å². The third-order valence-corrected chi connectivity index (χ3v) is 3.47. The Hall–Kier alpha value is -0.980. The second-order valence-corrected chi connectivity index (χ2v) is 5.27. The zero-order chi connectivity index (χ0) is 13.5. The molecule has 0 bridgehead atoms. The summed E-state index contributed by atoms with van der Waals surface area (Å²) in [6.07, 6.45) is -0.458. The van der Waals surface area contributed by atoms with E-state index in [2.05, 4.69) is 15.9 Å². The van der Waals surface area contributed by atoms with Crippen LogP contribution >= 0.6 is 15.9 Å². The lowest BCUT2D eigenvalue weighted by atomic mass is 9.90. The van der Waals surface area contributed by atoms with Gasteiger partial charge in [-0.25, -0.2) is 4.39 Å². The fourth-order valence-corrected chi connectivity index (χ4v) is 2.60. The molecule has 2 N–H and O–H groups in total. The normalized spacial score (nSPS) is 26.8. The van der Waals surface area contributed by atoms with Gasteiger partial charge >= 0.3 is 5.97 Å². The molecule has 2 rings (SSSR count). The number of carboxylic acid groups (broad SMARTS) is 1. The number of fused-ring (bicyclic) bond motifs is 1. The van der Waals surface area contributed by atoms with E-state index in [0.717, 1.165) is 6.07 Å². The Kier molecular flexibility index (Phi) is 3.44. The Bertz CT molecular complexity index is 505. The van der Waals surface area contributed by atoms with Crippen LogP contribution in [-0.4, -0.2) is 22.3 Å². The maximum Gasteiger partial charge on any atom is 0.309 e. The molecule has 0 amide bonds. The SMILES string of the molecule is C[C@@H]1Cc2cc(Br)c(F)cc2C(O)(CC(=O)O)O1. The van der Waals surface area contributed by atoms with Gasteiger partial charge in [-0.15, -0.1) is 0 Å². The van der Waals surface area contributed by atoms with Crippen LogP contribution < -0.4 is 0 Å². The summed E-state index contributed by atoms with van der Waals surface area (Å²) < 4.78 is 19.1. The summed E-state index contributed by atoms with van der Waals surface area (Å²) in [4.78, 5) is 10.8. The molecule has 0 saturated carbocycles. The smallest absolute Gasteiger partial charge is 0.309 e. The van der Waals surface area contributed by atoms with Crippen molar-refractivity contribution in [2.75, 3.05) is 0 Å². The van der Waals surface area contributed by atoms with E-state index in [1.807, 2.05) is 0 Å². The number of hydrogen-bond acceptors (Lipinski definition) is 3. The Morgan fingerprint density at radius 1 is 1.67 bits per heavy atom. The van der Waals surface area contributed by atoms with Gasteiger partial charge < -0.3 is 14.9 Å². The molecule has 0 fully saturated rings. The lowest BCUT2D eigenvalue weighted by molar-refractivity contribution is -0.247. The number of hydrogen-bond donors (Lipinski definition) is 2. The first-order valence-corrected chi connectivity index (χ1v) is 6.21. The number of rotatable bonds is 2. The molecule has 6 heteroatoms. The molecule has 0 radical (unpaired) electrons. The predicted molar refractivity (Wildman–Crippen MR) is 64.5 cm³/mol. The topological polar surface area (TPSA) is 66.8 Å². The fourth-order valence-electron chi connectivity index (χ4n) is 2.21. The first-order valence-electron chi connectivity index (χ1n) is 5.42. The lowest BCUT2D eigenvalue weighted by Crippen LogP contribution is -2.41. The van der Waals surface area contributed by atoms with Gasteiger partial charge in [0.05, 0.1) is 10.6 Å². The molecule has 2 atom stereocenters. The molecular formula is C12H12BrFO4. The van der Waals surface area contributed by atoms with Crippen LogP contribution in [0.4, 0.5) is 4.39 Å². The van der Waals surface area contributed by atoms with E-state index in [1.54, 1.807) is 13.0 Å². The van der Waals surface area contributed by atoms with Crippen molar-refractivity contribution >= 4 is 21.9 Å². The molecule has 18 heavy (non-hydrogen) atoms. The number of aliphatic hydroxyl groups is 1. The molecule has 0 aromatic heterocycles. The fraction of sp³-hybridized carbons (Fsp3) is 0.417. The van der Waals surface area contributed by atoms with Gasteiger partial charge in [-0.05, 0) is 47.0 Å². The summed E-state index contributed by atoms with van der Waals surface area (Å²) in [7, 11) is 0. The van der Waals surface area contributed by atoms with Crippen LogP contribution in [-0.2, 0) is 21.7 Å². The van der Waals surface area contributed by atoms with Crippen LogP contribution in [0.1, 0.15) is 24.5 Å². The number of carboxylic acids is 1. The van der Waals surface area contributed by atoms with Crippen molar-refractivity contribution in [1.82, 2.24) is 0 Å². The number of benzene rings is 1. The van der Waals surface area contributed by atoms with Gasteiger partial charge in [0.1, 0.15) is 12.2 Å². The summed E-state index contributed by atoms with van der Waals surface area (Å²) in [5.74, 6) is -3.74. The number of aliphatic carboxylic acids is 1. The van der Waals surface area contributed by atoms with Gasteiger partial charge in [0.25, 0.3) is 0 Å². The van der Waals surface area contributed by atoms with Crippen LogP contribution in [0.2, 0.25) is 0 Å². The van der Waals surface area contributed by atoms with Crippen LogP contribution in [0, 0.1) is 5.82 Å². The second kappa shape index (κ2) is 4.60. The van der Waals surface area contributed by atoms with Gasteiger partial charge in [0.2, 0.25) is 5.79 Å². The number of carbonyl (C=O) groups is 1. The molecule has 0 saturated heterocycles. The summed E-state index contributed by atoms with van der Waals surface area (Å²) in [5.41, 5.74) is 0.870. The van der Waals surface area contributed by atoms with Gasteiger partial charge in [0.15, 0.2) is 0 Å². The van der Waals surface area contributed by atoms with Gasteiger partial charge in [0, 0.05) is 5.56 Å². The highest BCUT2D eigenvalue weighted by atomic mass is 79.9. The molecule has 1 aliphatic rings. The van der Waals surface area contributed by atoms with Crippen molar-refractivity contribution in [2.45, 2.75) is 31.7 Å². The van der Waals surface area contributed by atoms with Gasteiger partial charge in [-0.2, -0.15) is 0 Å². The van der Waals surface area contributed by atoms with Crippen LogP contribution in [0.5, 0.6) is 0 Å². The van der Waals surface area contributed by atoms with Gasteiger partial charge in [-0.1, -0.05) is 0 Å². The Balaban J connectivity index is 2.53. The number of ether oxygens (including phenoxy) is 1. The van der Waals surface area contributed by atoms with E-state index in [9.17, 15) is 14.3 Å². The first-order chi connectivity index (χ1) is 8.32. The van der Waals surface area contributed by atoms with E-state index >= 15 is 0 Å². The highest BCUT2D eigenvalue weighted by Gasteiger charge is 2.41. The minimum absolute atomic E-state index is 0.184. The van der Waals surface area contributed by atoms with Crippen molar-refractivity contribution < 1.29 is 24.1 Å². The van der Waals surface area contributed by atoms with E-state index in [4.69, 9.17) is 9.84 Å². The average molecular weight is 319 g/mol. The maximum atomic E-state index is 13.5. The molecule has 0 aliphatic carbocycles. The van der Waals surface area contributed by atoms with Crippen LogP contribution in [0.15, 0.2) is 16.6 Å². The molecule has 4 nitrogen and oxygen atoms in total. The zero-order valence-corrected chi connectivity index (χ0v) is 11.2. The van der Waals surface area contributed by atoms with Crippen molar-refractivity contribution in [3.63, 3.8) is 0 Å². The summed E-state index contributed by atoms with van der Waals surface area (Å²) in [6, 6.07) is 2.67. The Labute approximate surface area is 112 Å². The molecule has 0 spiro atoms. The maximum absolute atomic E-state index is 13.5. The molecule has 1 heterocycles. The first kappa shape index (κ1) is 13.5. The molecule has 1 aromatic rings. The molecule has 1 unspecified atom stereocenters. The van der Waals surface area contributed by atoms with Crippen LogP contribution in [0.3, 0.4) is 0 Å². The monoisotopic (exact) mass is 318 g/mol. The minimum atomic E-state index is -1.97. The van der Waals surface area contributed by atoms with E-state index < -0.39 is 24.0 Å². The van der Waals surface area contributed by atoms with Crippen molar-refractivity contribution in [2.24, 2.45) is 0 Å². The standard InChI is InChI=1S/C12H12BrFO4/c1-6-2-7-3-9(13)10(14)4-8(7)12(17,18-6)5-11(15)16/h3-4,6,17H,2,5H2,1H3,(H,15,16)/t6-,12?/m1/s1. The van der Waals surface area contributed by atoms with E-state index in [-0.39, 0.29) is 16.1 Å². The minimum Gasteiger partial charge on any atom is -0.481 e. The largest absolute Gasteiger partial charge is 0.481 e. The second-order valence-electron chi connectivity index (χ2n) is 4.41. The summed E-state index contributed by atoms with van der Waals surface area (Å²) in [5, 5.41) is 19.1. The average Bonchev–Trinajstić information content (AvgIpc) is 2.19. The predicted octanol–water partition coefficient (Wildman–Crippen LogP) is 2.17. The number of halogens is 2. The molecule has 1 aromatic carbocycles. The Morgan fingerprint density at radius 2 is 2.33 bits per heavy atom. The van der Waals surface area contributed by atoms with Gasteiger partial charge in [-0.3, -0.25) is 4.79 Å². The summed E-state index contributed by atoms with van der Waals surface area (Å²) in [6.45, 7) is 1.73. The van der Waals surface area contributed by atoms with Crippen molar-refractivity contribution in [3.05, 3.63) is 33.5 Å². The third kappa shape index (κ3) is 2.41. The lowest BCUT2D eigenvalue weighted by Gasteiger charge is -2.37. The zero-order valence-electron chi connectivity index (χ0n) is 9.61. The molecular weight excluding hydrogens is 307 g/mol. The quantitative estimate of drug-likeness (QED) is 0.877. The van der Waals surface area contributed by atoms with E-state index in [0.29, 0.717) is 12.0 Å². The third-order valence-electron chi connectivity index (χ3n) is 2.86. The summed E-state index contributed by atoms with van der Waals surface area (Å²) >= 11 is 3.07. The molecule has 1 aliphatic heterocycles. The van der Waals surface area contributed by atoms with Crippen LogP contribution in [0.25, 0.3) is 0 Å². The highest BCUT2D eigenvalue weighted by Crippen LogP contribution is 2.38. The van der Waals surface area contributed by atoms with E-state index in [1.165, 1.54) is 0 Å².